The summed E-state index contributed by atoms with van der Waals surface area (Å²) in [5.74, 6) is -1.60. The molecule has 2 rings (SSSR count). The van der Waals surface area contributed by atoms with Gasteiger partial charge in [0.15, 0.2) is 0 Å². The molecule has 6 nitrogen and oxygen atoms in total. The lowest BCUT2D eigenvalue weighted by Crippen LogP contribution is -2.54. The molecule has 2 N–H and O–H groups in total. The molecule has 1 fully saturated rings. The predicted molar refractivity (Wildman–Crippen MR) is 95.6 cm³/mol. The van der Waals surface area contributed by atoms with Crippen molar-refractivity contribution in [2.45, 2.75) is 45.4 Å². The summed E-state index contributed by atoms with van der Waals surface area (Å²) in [5.41, 5.74) is 0.392. The number of nitrogens with one attached hydrogen (secondary N) is 1. The topological polar surface area (TPSA) is 78.9 Å². The molecule has 0 bridgehead atoms. The first-order chi connectivity index (χ1) is 11.7. The lowest BCUT2D eigenvalue weighted by Gasteiger charge is -2.37. The Morgan fingerprint density at radius 2 is 2.12 bits per heavy atom. The summed E-state index contributed by atoms with van der Waals surface area (Å²) in [6.07, 6.45) is 0.0867. The highest BCUT2D eigenvalue weighted by atomic mass is 35.5. The van der Waals surface area contributed by atoms with Gasteiger partial charge in [-0.05, 0) is 44.9 Å². The van der Waals surface area contributed by atoms with Crippen molar-refractivity contribution in [1.29, 1.82) is 0 Å². The number of carboxylic acid groups (broad SMARTS) is 1. The minimum atomic E-state index is -0.920. The summed E-state index contributed by atoms with van der Waals surface area (Å²) in [4.78, 5) is 25.3. The fraction of sp³-hybridized carbons (Fsp3) is 0.556. The highest BCUT2D eigenvalue weighted by molar-refractivity contribution is 6.30. The number of ether oxygens (including phenoxy) is 1. The lowest BCUT2D eigenvalue weighted by atomic mass is 9.92. The van der Waals surface area contributed by atoms with Crippen LogP contribution in [0.4, 0.5) is 4.79 Å². The van der Waals surface area contributed by atoms with Gasteiger partial charge in [0, 0.05) is 30.7 Å². The van der Waals surface area contributed by atoms with E-state index < -0.39 is 23.6 Å². The molecular weight excluding hydrogens is 344 g/mol. The lowest BCUT2D eigenvalue weighted by molar-refractivity contribution is -0.144. The summed E-state index contributed by atoms with van der Waals surface area (Å²) < 4.78 is 5.34. The van der Waals surface area contributed by atoms with Crippen molar-refractivity contribution in [2.24, 2.45) is 5.92 Å². The summed E-state index contributed by atoms with van der Waals surface area (Å²) >= 11 is 5.97. The van der Waals surface area contributed by atoms with Gasteiger partial charge < -0.3 is 20.1 Å². The van der Waals surface area contributed by atoms with E-state index >= 15 is 0 Å². The Morgan fingerprint density at radius 1 is 1.40 bits per heavy atom. The zero-order valence-electron chi connectivity index (χ0n) is 14.8. The average Bonchev–Trinajstić information content (AvgIpc) is 2.51. The highest BCUT2D eigenvalue weighted by Crippen LogP contribution is 2.21. The first kappa shape index (κ1) is 19.5. The molecule has 2 atom stereocenters. The number of rotatable bonds is 4. The molecule has 138 valence electrons. The summed E-state index contributed by atoms with van der Waals surface area (Å²) in [6.45, 7) is 6.50. The zero-order chi connectivity index (χ0) is 18.6. The number of hydrogen-bond donors (Lipinski definition) is 2. The first-order valence-corrected chi connectivity index (χ1v) is 8.72. The SMILES string of the molecule is CC(C)(C)OC(=O)N1CC[C@H](NCc2cccc(Cl)c2)[C@H](C(=O)O)C1. The van der Waals surface area contributed by atoms with Crippen LogP contribution in [-0.4, -0.2) is 46.8 Å². The Bertz CT molecular complexity index is 630. The van der Waals surface area contributed by atoms with Crippen molar-refractivity contribution in [2.75, 3.05) is 13.1 Å². The number of amides is 1. The number of piperidine rings is 1. The van der Waals surface area contributed by atoms with Gasteiger partial charge in [0.25, 0.3) is 0 Å². The number of hydrogen-bond acceptors (Lipinski definition) is 4. The molecular formula is C18H25ClN2O4. The molecule has 0 spiro atoms. The van der Waals surface area contributed by atoms with Crippen LogP contribution in [0, 0.1) is 5.92 Å². The zero-order valence-corrected chi connectivity index (χ0v) is 15.5. The maximum absolute atomic E-state index is 12.2. The molecule has 7 heteroatoms. The monoisotopic (exact) mass is 368 g/mol. The van der Waals surface area contributed by atoms with Gasteiger partial charge in [-0.15, -0.1) is 0 Å². The van der Waals surface area contributed by atoms with Crippen LogP contribution >= 0.6 is 11.6 Å². The van der Waals surface area contributed by atoms with Crippen LogP contribution in [0.15, 0.2) is 24.3 Å². The third kappa shape index (κ3) is 5.90. The standard InChI is InChI=1S/C18H25ClN2O4/c1-18(2,3)25-17(24)21-8-7-15(14(11-21)16(22)23)20-10-12-5-4-6-13(19)9-12/h4-6,9,14-15,20H,7-8,10-11H2,1-3H3,(H,22,23)/t14-,15+/m1/s1. The Kier molecular flexibility index (Phi) is 6.30. The second-order valence-electron chi connectivity index (χ2n) is 7.28. The van der Waals surface area contributed by atoms with Crippen molar-refractivity contribution < 1.29 is 19.4 Å². The molecule has 1 aliphatic rings. The molecule has 0 unspecified atom stereocenters. The fourth-order valence-electron chi connectivity index (χ4n) is 2.83. The van der Waals surface area contributed by atoms with E-state index in [4.69, 9.17) is 16.3 Å². The van der Waals surface area contributed by atoms with Crippen molar-refractivity contribution in [3.63, 3.8) is 0 Å². The smallest absolute Gasteiger partial charge is 0.410 e. The molecule has 1 saturated heterocycles. The van der Waals surface area contributed by atoms with Crippen molar-refractivity contribution in [1.82, 2.24) is 10.2 Å². The van der Waals surface area contributed by atoms with E-state index in [0.29, 0.717) is 24.5 Å². The third-order valence-electron chi connectivity index (χ3n) is 4.04. The van der Waals surface area contributed by atoms with E-state index in [1.54, 1.807) is 26.8 Å². The van der Waals surface area contributed by atoms with Crippen LogP contribution in [0.2, 0.25) is 5.02 Å². The minimum Gasteiger partial charge on any atom is -0.481 e. The largest absolute Gasteiger partial charge is 0.481 e. The number of likely N-dealkylation sites (tertiary alicyclic amines) is 1. The molecule has 0 aliphatic carbocycles. The maximum Gasteiger partial charge on any atom is 0.410 e. The summed E-state index contributed by atoms with van der Waals surface area (Å²) in [6, 6.07) is 7.23. The molecule has 1 aromatic rings. The van der Waals surface area contributed by atoms with Crippen molar-refractivity contribution >= 4 is 23.7 Å². The van der Waals surface area contributed by atoms with Crippen LogP contribution in [0.3, 0.4) is 0 Å². The van der Waals surface area contributed by atoms with E-state index in [9.17, 15) is 14.7 Å². The highest BCUT2D eigenvalue weighted by Gasteiger charge is 2.37. The number of halogens is 1. The molecule has 0 aromatic heterocycles. The van der Waals surface area contributed by atoms with Gasteiger partial charge >= 0.3 is 12.1 Å². The molecule has 0 saturated carbocycles. The van der Waals surface area contributed by atoms with Gasteiger partial charge in [-0.25, -0.2) is 4.79 Å². The van der Waals surface area contributed by atoms with E-state index in [1.165, 1.54) is 4.90 Å². The van der Waals surface area contributed by atoms with E-state index in [1.807, 2.05) is 18.2 Å². The van der Waals surface area contributed by atoms with Crippen molar-refractivity contribution in [3.8, 4) is 0 Å². The Hall–Kier alpha value is -1.79. The normalized spacial score (nSPS) is 21.0. The van der Waals surface area contributed by atoms with Gasteiger partial charge in [0.1, 0.15) is 5.60 Å². The van der Waals surface area contributed by atoms with Gasteiger partial charge in [-0.1, -0.05) is 23.7 Å². The van der Waals surface area contributed by atoms with Crippen LogP contribution in [-0.2, 0) is 16.1 Å². The Balaban J connectivity index is 1.97. The second kappa shape index (κ2) is 8.06. The number of benzene rings is 1. The van der Waals surface area contributed by atoms with Gasteiger partial charge in [0.2, 0.25) is 0 Å². The molecule has 1 aliphatic heterocycles. The van der Waals surface area contributed by atoms with Crippen molar-refractivity contribution in [3.05, 3.63) is 34.9 Å². The minimum absolute atomic E-state index is 0.136. The van der Waals surface area contributed by atoms with E-state index in [0.717, 1.165) is 5.56 Å². The summed E-state index contributed by atoms with van der Waals surface area (Å²) in [7, 11) is 0. The Labute approximate surface area is 153 Å². The van der Waals surface area contributed by atoms with Crippen LogP contribution < -0.4 is 5.32 Å². The van der Waals surface area contributed by atoms with Gasteiger partial charge in [-0.3, -0.25) is 4.79 Å². The van der Waals surface area contributed by atoms with Gasteiger partial charge in [0.05, 0.1) is 5.92 Å². The predicted octanol–water partition coefficient (Wildman–Crippen LogP) is 3.14. The van der Waals surface area contributed by atoms with E-state index in [-0.39, 0.29) is 12.6 Å². The molecule has 25 heavy (non-hydrogen) atoms. The number of carbonyl (C=O) groups excluding carboxylic acids is 1. The molecule has 1 heterocycles. The first-order valence-electron chi connectivity index (χ1n) is 8.34. The average molecular weight is 369 g/mol. The van der Waals surface area contributed by atoms with Crippen LogP contribution in [0.1, 0.15) is 32.8 Å². The van der Waals surface area contributed by atoms with Crippen LogP contribution in [0.5, 0.6) is 0 Å². The van der Waals surface area contributed by atoms with E-state index in [2.05, 4.69) is 5.32 Å². The fourth-order valence-corrected chi connectivity index (χ4v) is 3.05. The number of carbonyl (C=O) groups is 2. The summed E-state index contributed by atoms with van der Waals surface area (Å²) in [5, 5.41) is 13.5. The maximum atomic E-state index is 12.2. The quantitative estimate of drug-likeness (QED) is 0.853. The number of aliphatic carboxylic acids is 1. The van der Waals surface area contributed by atoms with Crippen LogP contribution in [0.25, 0.3) is 0 Å². The third-order valence-corrected chi connectivity index (χ3v) is 4.27. The van der Waals surface area contributed by atoms with Gasteiger partial charge in [-0.2, -0.15) is 0 Å². The number of carboxylic acids is 1. The Morgan fingerprint density at radius 3 is 2.72 bits per heavy atom. The number of nitrogens with zero attached hydrogens (tertiary/aromatic N) is 1. The molecule has 1 aromatic carbocycles. The second-order valence-corrected chi connectivity index (χ2v) is 7.71. The molecule has 1 amide bonds. The molecule has 0 radical (unpaired) electrons.